The molecule has 4 heteroatoms. The summed E-state index contributed by atoms with van der Waals surface area (Å²) < 4.78 is 5.66. The maximum absolute atomic E-state index is 12.3. The van der Waals surface area contributed by atoms with E-state index in [2.05, 4.69) is 36.2 Å². The summed E-state index contributed by atoms with van der Waals surface area (Å²) in [4.78, 5) is 14.6. The van der Waals surface area contributed by atoms with Crippen LogP contribution in [0.15, 0.2) is 42.5 Å². The van der Waals surface area contributed by atoms with Gasteiger partial charge in [0.05, 0.1) is 0 Å². The van der Waals surface area contributed by atoms with Crippen LogP contribution in [0.4, 0.5) is 16.2 Å². The van der Waals surface area contributed by atoms with E-state index in [9.17, 15) is 4.79 Å². The van der Waals surface area contributed by atoms with Gasteiger partial charge >= 0.3 is 6.09 Å². The number of carbonyl (C=O) groups is 1. The van der Waals surface area contributed by atoms with Crippen LogP contribution in [0.25, 0.3) is 0 Å². The maximum atomic E-state index is 12.3. The minimum absolute atomic E-state index is 0.147. The number of fused-ring (bicyclic) bond motifs is 1. The van der Waals surface area contributed by atoms with Crippen molar-refractivity contribution in [2.75, 3.05) is 23.3 Å². The van der Waals surface area contributed by atoms with Crippen molar-refractivity contribution < 1.29 is 9.53 Å². The first-order valence-corrected chi connectivity index (χ1v) is 9.03. The van der Waals surface area contributed by atoms with Crippen LogP contribution in [0.5, 0.6) is 0 Å². The smallest absolute Gasteiger partial charge is 0.412 e. The van der Waals surface area contributed by atoms with Gasteiger partial charge in [0.2, 0.25) is 0 Å². The van der Waals surface area contributed by atoms with Gasteiger partial charge in [0.1, 0.15) is 6.10 Å². The highest BCUT2D eigenvalue weighted by atomic mass is 16.6. The highest BCUT2D eigenvalue weighted by Crippen LogP contribution is 2.34. The number of amides is 1. The third-order valence-corrected chi connectivity index (χ3v) is 4.90. The summed E-state index contributed by atoms with van der Waals surface area (Å²) in [5.41, 5.74) is 5.41. The zero-order chi connectivity index (χ0) is 17.8. The van der Waals surface area contributed by atoms with Crippen LogP contribution in [0.3, 0.4) is 0 Å². The second-order valence-corrected chi connectivity index (χ2v) is 6.43. The van der Waals surface area contributed by atoms with E-state index in [1.807, 2.05) is 37.3 Å². The minimum atomic E-state index is -0.389. The molecule has 1 N–H and O–H groups in total. The zero-order valence-electron chi connectivity index (χ0n) is 15.2. The predicted molar refractivity (Wildman–Crippen MR) is 102 cm³/mol. The van der Waals surface area contributed by atoms with Crippen LogP contribution in [0.1, 0.15) is 43.1 Å². The monoisotopic (exact) mass is 338 g/mol. The van der Waals surface area contributed by atoms with Gasteiger partial charge in [-0.2, -0.15) is 0 Å². The Kier molecular flexibility index (Phi) is 5.27. The molecular weight excluding hydrogens is 312 g/mol. The third kappa shape index (κ3) is 3.78. The summed E-state index contributed by atoms with van der Waals surface area (Å²) in [6, 6.07) is 14.3. The molecule has 1 unspecified atom stereocenters. The van der Waals surface area contributed by atoms with Crippen molar-refractivity contribution >= 4 is 17.5 Å². The summed E-state index contributed by atoms with van der Waals surface area (Å²) in [5.74, 6) is 0. The van der Waals surface area contributed by atoms with Crippen molar-refractivity contribution in [3.8, 4) is 0 Å². The number of benzene rings is 2. The van der Waals surface area contributed by atoms with Crippen LogP contribution < -0.4 is 10.2 Å². The molecular formula is C21H26N2O2. The Balaban J connectivity index is 1.66. The molecule has 0 aromatic heterocycles. The van der Waals surface area contributed by atoms with E-state index in [0.29, 0.717) is 0 Å². The fourth-order valence-electron chi connectivity index (χ4n) is 3.48. The molecule has 132 valence electrons. The molecule has 1 atom stereocenters. The molecule has 3 rings (SSSR count). The number of hydrogen-bond acceptors (Lipinski definition) is 3. The van der Waals surface area contributed by atoms with E-state index in [0.717, 1.165) is 42.7 Å². The molecule has 1 aliphatic rings. The van der Waals surface area contributed by atoms with E-state index >= 15 is 0 Å². The van der Waals surface area contributed by atoms with Gasteiger partial charge in [0.25, 0.3) is 0 Å². The molecule has 0 radical (unpaired) electrons. The Morgan fingerprint density at radius 2 is 1.96 bits per heavy atom. The number of carbonyl (C=O) groups excluding carboxylic acids is 1. The molecule has 2 aromatic rings. The lowest BCUT2D eigenvalue weighted by molar-refractivity contribution is 0.112. The molecule has 0 fully saturated rings. The SMILES string of the molecule is CCN(CC)c1ccc(NC(=O)OC2CCc3ccccc32)c(C)c1. The second-order valence-electron chi connectivity index (χ2n) is 6.43. The lowest BCUT2D eigenvalue weighted by Gasteiger charge is -2.22. The van der Waals surface area contributed by atoms with Gasteiger partial charge in [-0.25, -0.2) is 4.79 Å². The summed E-state index contributed by atoms with van der Waals surface area (Å²) in [6.07, 6.45) is 1.28. The molecule has 2 aromatic carbocycles. The van der Waals surface area contributed by atoms with Crippen molar-refractivity contribution in [1.82, 2.24) is 0 Å². The standard InChI is InChI=1S/C21H26N2O2/c1-4-23(5-2)17-11-12-19(15(3)14-17)22-21(24)25-20-13-10-16-8-6-7-9-18(16)20/h6-9,11-12,14,20H,4-5,10,13H2,1-3H3,(H,22,24). The van der Waals surface area contributed by atoms with Crippen LogP contribution in [-0.4, -0.2) is 19.2 Å². The summed E-state index contributed by atoms with van der Waals surface area (Å²) >= 11 is 0. The molecule has 0 aliphatic heterocycles. The van der Waals surface area contributed by atoms with Crippen molar-refractivity contribution in [1.29, 1.82) is 0 Å². The topological polar surface area (TPSA) is 41.6 Å². The molecule has 0 heterocycles. The predicted octanol–water partition coefficient (Wildman–Crippen LogP) is 5.08. The molecule has 0 saturated carbocycles. The van der Waals surface area contributed by atoms with Gasteiger partial charge in [-0.1, -0.05) is 24.3 Å². The van der Waals surface area contributed by atoms with Crippen molar-refractivity contribution in [2.24, 2.45) is 0 Å². The van der Waals surface area contributed by atoms with Crippen molar-refractivity contribution in [3.63, 3.8) is 0 Å². The number of nitrogens with zero attached hydrogens (tertiary/aromatic N) is 1. The van der Waals surface area contributed by atoms with E-state index < -0.39 is 0 Å². The Morgan fingerprint density at radius 3 is 2.68 bits per heavy atom. The number of nitrogens with one attached hydrogen (secondary N) is 1. The number of ether oxygens (including phenoxy) is 1. The molecule has 0 spiro atoms. The average Bonchev–Trinajstić information content (AvgIpc) is 3.01. The number of aryl methyl sites for hydroxylation is 2. The average molecular weight is 338 g/mol. The Labute approximate surface area is 149 Å². The van der Waals surface area contributed by atoms with Crippen LogP contribution in [0, 0.1) is 6.92 Å². The normalized spacial score (nSPS) is 15.6. The molecule has 25 heavy (non-hydrogen) atoms. The lowest BCUT2D eigenvalue weighted by Crippen LogP contribution is -2.22. The van der Waals surface area contributed by atoms with Gasteiger partial charge in [-0.15, -0.1) is 0 Å². The summed E-state index contributed by atoms with van der Waals surface area (Å²) in [6.45, 7) is 8.22. The number of rotatable bonds is 5. The summed E-state index contributed by atoms with van der Waals surface area (Å²) in [5, 5.41) is 2.89. The number of anilines is 2. The molecule has 4 nitrogen and oxygen atoms in total. The number of hydrogen-bond donors (Lipinski definition) is 1. The van der Waals surface area contributed by atoms with Gasteiger partial charge in [0.15, 0.2) is 0 Å². The fraction of sp³-hybridized carbons (Fsp3) is 0.381. The van der Waals surface area contributed by atoms with Crippen molar-refractivity contribution in [3.05, 3.63) is 59.2 Å². The van der Waals surface area contributed by atoms with Gasteiger partial charge in [0, 0.05) is 24.5 Å². The quantitative estimate of drug-likeness (QED) is 0.827. The highest BCUT2D eigenvalue weighted by Gasteiger charge is 2.25. The highest BCUT2D eigenvalue weighted by molar-refractivity contribution is 5.86. The molecule has 1 amide bonds. The minimum Gasteiger partial charge on any atom is -0.441 e. The Bertz CT molecular complexity index is 753. The van der Waals surface area contributed by atoms with Gasteiger partial charge < -0.3 is 9.64 Å². The van der Waals surface area contributed by atoms with E-state index in [1.165, 1.54) is 11.3 Å². The molecule has 0 saturated heterocycles. The van der Waals surface area contributed by atoms with Gasteiger partial charge in [-0.3, -0.25) is 5.32 Å². The van der Waals surface area contributed by atoms with Crippen LogP contribution in [0.2, 0.25) is 0 Å². The van der Waals surface area contributed by atoms with E-state index in [-0.39, 0.29) is 12.2 Å². The van der Waals surface area contributed by atoms with E-state index in [1.54, 1.807) is 0 Å². The second kappa shape index (κ2) is 7.60. The fourth-order valence-corrected chi connectivity index (χ4v) is 3.48. The lowest BCUT2D eigenvalue weighted by atomic mass is 10.1. The molecule has 1 aliphatic carbocycles. The van der Waals surface area contributed by atoms with Crippen LogP contribution >= 0.6 is 0 Å². The first kappa shape index (κ1) is 17.3. The summed E-state index contributed by atoms with van der Waals surface area (Å²) in [7, 11) is 0. The first-order chi connectivity index (χ1) is 12.1. The van der Waals surface area contributed by atoms with Crippen molar-refractivity contribution in [2.45, 2.75) is 39.7 Å². The Morgan fingerprint density at radius 1 is 1.20 bits per heavy atom. The molecule has 0 bridgehead atoms. The van der Waals surface area contributed by atoms with Crippen LogP contribution in [-0.2, 0) is 11.2 Å². The van der Waals surface area contributed by atoms with E-state index in [4.69, 9.17) is 4.74 Å². The largest absolute Gasteiger partial charge is 0.441 e. The zero-order valence-corrected chi connectivity index (χ0v) is 15.2. The maximum Gasteiger partial charge on any atom is 0.412 e. The Hall–Kier alpha value is -2.49. The van der Waals surface area contributed by atoms with Gasteiger partial charge in [-0.05, 0) is 68.5 Å². The first-order valence-electron chi connectivity index (χ1n) is 9.03. The third-order valence-electron chi connectivity index (χ3n) is 4.90.